The molecule has 0 aromatic heterocycles. The van der Waals surface area contributed by atoms with Crippen LogP contribution in [0, 0.1) is 0 Å². The number of benzene rings is 1. The van der Waals surface area contributed by atoms with Crippen LogP contribution in [0.3, 0.4) is 0 Å². The highest BCUT2D eigenvalue weighted by molar-refractivity contribution is 5.76. The lowest BCUT2D eigenvalue weighted by molar-refractivity contribution is 0.112. The van der Waals surface area contributed by atoms with Crippen LogP contribution in [0.5, 0.6) is 11.5 Å². The summed E-state index contributed by atoms with van der Waals surface area (Å²) in [4.78, 5) is 10.5. The molecule has 3 heteroatoms. The summed E-state index contributed by atoms with van der Waals surface area (Å²) in [5.74, 6) is 0.304. The molecule has 0 bridgehead atoms. The quantitative estimate of drug-likeness (QED) is 0.643. The summed E-state index contributed by atoms with van der Waals surface area (Å²) in [5.41, 5.74) is 0.393. The minimum atomic E-state index is -2.53. The first kappa shape index (κ1) is 5.19. The summed E-state index contributed by atoms with van der Waals surface area (Å²) >= 11 is 0. The van der Waals surface area contributed by atoms with E-state index in [9.17, 15) is 4.79 Å². The van der Waals surface area contributed by atoms with Crippen molar-refractivity contribution in [2.45, 2.75) is 0 Å². The van der Waals surface area contributed by atoms with Crippen molar-refractivity contribution in [2.24, 2.45) is 0 Å². The molecule has 0 amide bonds. The Kier molecular flexibility index (Phi) is 1.63. The van der Waals surface area contributed by atoms with Crippen molar-refractivity contribution in [1.82, 2.24) is 0 Å². The Morgan fingerprint density at radius 1 is 1.42 bits per heavy atom. The molecule has 0 radical (unpaired) electrons. The summed E-state index contributed by atoms with van der Waals surface area (Å²) in [7, 11) is -1.16. The number of aldehydes is 1. The number of methoxy groups -OCH3 is 2. The fourth-order valence-electron chi connectivity index (χ4n) is 0.842. The fourth-order valence-corrected chi connectivity index (χ4v) is 0.842. The summed E-state index contributed by atoms with van der Waals surface area (Å²) in [6.45, 7) is 0. The van der Waals surface area contributed by atoms with Gasteiger partial charge in [0, 0.05) is 5.56 Å². The molecule has 0 atom stereocenters. The van der Waals surface area contributed by atoms with Crippen molar-refractivity contribution in [3.63, 3.8) is 0 Å². The van der Waals surface area contributed by atoms with Gasteiger partial charge in [0.15, 0.2) is 11.5 Å². The molecule has 1 rings (SSSR count). The number of carbonyl (C=O) groups is 1. The Bertz CT molecular complexity index is 360. The molecule has 1 aromatic carbocycles. The Morgan fingerprint density at radius 3 is 2.83 bits per heavy atom. The second-order valence-electron chi connectivity index (χ2n) is 2.13. The zero-order valence-corrected chi connectivity index (χ0v) is 6.53. The lowest BCUT2D eigenvalue weighted by Crippen LogP contribution is -1.91. The van der Waals surface area contributed by atoms with E-state index >= 15 is 0 Å². The Balaban J connectivity index is 3.02. The summed E-state index contributed by atoms with van der Waals surface area (Å²) in [6.07, 6.45) is 0.641. The minimum Gasteiger partial charge on any atom is -0.493 e. The smallest absolute Gasteiger partial charge is 0.161 e. The van der Waals surface area contributed by atoms with Crippen LogP contribution in [0.2, 0.25) is 0 Å². The molecule has 0 aliphatic rings. The van der Waals surface area contributed by atoms with Crippen LogP contribution in [-0.2, 0) is 0 Å². The highest BCUT2D eigenvalue weighted by Gasteiger charge is 2.02. The van der Waals surface area contributed by atoms with Gasteiger partial charge >= 0.3 is 0 Å². The Morgan fingerprint density at radius 2 is 2.25 bits per heavy atom. The number of carbonyl (C=O) groups excluding carboxylic acids is 1. The van der Waals surface area contributed by atoms with E-state index in [0.29, 0.717) is 11.8 Å². The van der Waals surface area contributed by atoms with Crippen molar-refractivity contribution < 1.29 is 18.4 Å². The van der Waals surface area contributed by atoms with Crippen LogP contribution in [-0.4, -0.2) is 20.4 Å². The molecule has 0 N–H and O–H groups in total. The van der Waals surface area contributed by atoms with Crippen molar-refractivity contribution in [1.29, 1.82) is 0 Å². The van der Waals surface area contributed by atoms with E-state index in [2.05, 4.69) is 4.74 Å². The second kappa shape index (κ2) is 3.76. The van der Waals surface area contributed by atoms with E-state index in [4.69, 9.17) is 8.85 Å². The largest absolute Gasteiger partial charge is 0.493 e. The normalized spacial score (nSPS) is 13.9. The zero-order chi connectivity index (χ0) is 11.5. The summed E-state index contributed by atoms with van der Waals surface area (Å²) < 4.78 is 30.4. The van der Waals surface area contributed by atoms with Gasteiger partial charge in [0.1, 0.15) is 6.29 Å². The van der Waals surface area contributed by atoms with E-state index in [1.165, 1.54) is 25.3 Å². The minimum absolute atomic E-state index is 0.0862. The predicted molar refractivity (Wildman–Crippen MR) is 44.9 cm³/mol. The van der Waals surface area contributed by atoms with Crippen molar-refractivity contribution >= 4 is 6.29 Å². The first-order valence-electron chi connectivity index (χ1n) is 4.78. The van der Waals surface area contributed by atoms with E-state index < -0.39 is 7.04 Å². The molecule has 1 aromatic rings. The average molecular weight is 169 g/mol. The maximum absolute atomic E-state index is 10.5. The molecule has 64 valence electrons. The van der Waals surface area contributed by atoms with Crippen LogP contribution in [0.15, 0.2) is 18.2 Å². The topological polar surface area (TPSA) is 35.5 Å². The standard InChI is InChI=1S/C9H10O3/c1-11-8-4-3-7(6-10)5-9(8)12-2/h3-6H,1-2H3/i1D3. The number of hydrogen-bond donors (Lipinski definition) is 0. The molecule has 0 aliphatic heterocycles. The molecule has 0 aliphatic carbocycles. The van der Waals surface area contributed by atoms with Crippen LogP contribution >= 0.6 is 0 Å². The highest BCUT2D eigenvalue weighted by Crippen LogP contribution is 2.26. The fraction of sp³-hybridized carbons (Fsp3) is 0.222. The van der Waals surface area contributed by atoms with Gasteiger partial charge in [-0.1, -0.05) is 0 Å². The Hall–Kier alpha value is -1.51. The molecule has 0 saturated carbocycles. The van der Waals surface area contributed by atoms with Gasteiger partial charge in [-0.25, -0.2) is 0 Å². The van der Waals surface area contributed by atoms with Crippen molar-refractivity contribution in [3.05, 3.63) is 23.8 Å². The SMILES string of the molecule is [2H]C([2H])([2H])Oc1ccc(C=O)cc1OC. The summed E-state index contributed by atoms with van der Waals surface area (Å²) in [6, 6.07) is 4.25. The van der Waals surface area contributed by atoms with E-state index in [-0.39, 0.29) is 11.5 Å². The molecule has 12 heavy (non-hydrogen) atoms. The number of rotatable bonds is 3. The third-order valence-corrected chi connectivity index (χ3v) is 1.43. The first-order valence-corrected chi connectivity index (χ1v) is 3.28. The van der Waals surface area contributed by atoms with E-state index in [1.54, 1.807) is 0 Å². The monoisotopic (exact) mass is 169 g/mol. The van der Waals surface area contributed by atoms with Gasteiger partial charge in [0.05, 0.1) is 18.3 Å². The van der Waals surface area contributed by atoms with Crippen LogP contribution in [0.25, 0.3) is 0 Å². The van der Waals surface area contributed by atoms with Crippen LogP contribution < -0.4 is 9.47 Å². The lowest BCUT2D eigenvalue weighted by Gasteiger charge is -2.06. The van der Waals surface area contributed by atoms with Crippen molar-refractivity contribution in [2.75, 3.05) is 14.1 Å². The van der Waals surface area contributed by atoms with Gasteiger partial charge in [0.25, 0.3) is 0 Å². The number of ether oxygens (including phenoxy) is 2. The van der Waals surface area contributed by atoms with E-state index in [1.807, 2.05) is 0 Å². The first-order chi connectivity index (χ1) is 6.96. The third kappa shape index (κ3) is 1.56. The van der Waals surface area contributed by atoms with Gasteiger partial charge in [-0.05, 0) is 18.2 Å². The molecule has 0 fully saturated rings. The molecular formula is C9H10O3. The highest BCUT2D eigenvalue weighted by atomic mass is 16.5. The molecule has 0 saturated heterocycles. The maximum Gasteiger partial charge on any atom is 0.161 e. The molecular weight excluding hydrogens is 156 g/mol. The number of hydrogen-bond acceptors (Lipinski definition) is 3. The summed E-state index contributed by atoms with van der Waals surface area (Å²) in [5, 5.41) is 0. The van der Waals surface area contributed by atoms with Crippen LogP contribution in [0.4, 0.5) is 0 Å². The zero-order valence-electron chi connectivity index (χ0n) is 9.53. The molecule has 0 spiro atoms. The molecule has 0 unspecified atom stereocenters. The van der Waals surface area contributed by atoms with Gasteiger partial charge in [-0.3, -0.25) is 4.79 Å². The van der Waals surface area contributed by atoms with Gasteiger partial charge in [-0.15, -0.1) is 0 Å². The van der Waals surface area contributed by atoms with Gasteiger partial charge in [0.2, 0.25) is 0 Å². The second-order valence-corrected chi connectivity index (χ2v) is 2.13. The average Bonchev–Trinajstić information content (AvgIpc) is 2.16. The van der Waals surface area contributed by atoms with Gasteiger partial charge in [-0.2, -0.15) is 0 Å². The predicted octanol–water partition coefficient (Wildman–Crippen LogP) is 1.52. The maximum atomic E-state index is 10.5. The molecule has 3 nitrogen and oxygen atoms in total. The third-order valence-electron chi connectivity index (χ3n) is 1.43. The van der Waals surface area contributed by atoms with Gasteiger partial charge < -0.3 is 9.47 Å². The van der Waals surface area contributed by atoms with E-state index in [0.717, 1.165) is 0 Å². The van der Waals surface area contributed by atoms with Crippen molar-refractivity contribution in [3.8, 4) is 11.5 Å². The lowest BCUT2D eigenvalue weighted by atomic mass is 10.2. The van der Waals surface area contributed by atoms with Crippen LogP contribution in [0.1, 0.15) is 14.5 Å². The Labute approximate surface area is 75.1 Å². The molecule has 0 heterocycles.